The minimum Gasteiger partial charge on any atom is -0.490 e. The Balaban J connectivity index is 1.40. The Bertz CT molecular complexity index is 715. The van der Waals surface area contributed by atoms with Gasteiger partial charge in [-0.05, 0) is 37.8 Å². The van der Waals surface area contributed by atoms with Gasteiger partial charge in [0.1, 0.15) is 17.4 Å². The first-order chi connectivity index (χ1) is 12.6. The van der Waals surface area contributed by atoms with Crippen LogP contribution in [0.3, 0.4) is 0 Å². The molecule has 138 valence electrons. The van der Waals surface area contributed by atoms with E-state index in [1.54, 1.807) is 18.5 Å². The van der Waals surface area contributed by atoms with Crippen molar-refractivity contribution >= 4 is 11.6 Å². The number of rotatable bonds is 6. The van der Waals surface area contributed by atoms with Crippen LogP contribution in [0.1, 0.15) is 25.7 Å². The lowest BCUT2D eigenvalue weighted by molar-refractivity contribution is -0.120. The molecule has 0 radical (unpaired) electrons. The Morgan fingerprint density at radius 3 is 2.54 bits per heavy atom. The lowest BCUT2D eigenvalue weighted by atomic mass is 9.93. The van der Waals surface area contributed by atoms with Gasteiger partial charge in [0.2, 0.25) is 5.91 Å². The molecule has 7 heteroatoms. The number of aromatic nitrogens is 1. The van der Waals surface area contributed by atoms with E-state index in [-0.39, 0.29) is 30.3 Å². The molecule has 0 saturated heterocycles. The Morgan fingerprint density at radius 1 is 1.15 bits per heavy atom. The smallest absolute Gasteiger partial charge is 0.239 e. The van der Waals surface area contributed by atoms with E-state index in [0.29, 0.717) is 0 Å². The highest BCUT2D eigenvalue weighted by atomic mass is 19.1. The highest BCUT2D eigenvalue weighted by Gasteiger charge is 2.23. The quantitative estimate of drug-likeness (QED) is 0.829. The summed E-state index contributed by atoms with van der Waals surface area (Å²) in [6.45, 7) is 0.185. The first-order valence-electron chi connectivity index (χ1n) is 8.64. The summed E-state index contributed by atoms with van der Waals surface area (Å²) in [5.41, 5.74) is 0.794. The predicted molar refractivity (Wildman–Crippen MR) is 93.9 cm³/mol. The maximum absolute atomic E-state index is 13.2. The third-order valence-corrected chi connectivity index (χ3v) is 4.29. The highest BCUT2D eigenvalue weighted by Crippen LogP contribution is 2.25. The van der Waals surface area contributed by atoms with Gasteiger partial charge in [0.25, 0.3) is 0 Å². The zero-order valence-corrected chi connectivity index (χ0v) is 14.3. The van der Waals surface area contributed by atoms with Crippen molar-refractivity contribution in [2.45, 2.75) is 37.8 Å². The highest BCUT2D eigenvalue weighted by molar-refractivity contribution is 5.80. The topological polar surface area (TPSA) is 63.2 Å². The second kappa shape index (κ2) is 8.60. The van der Waals surface area contributed by atoms with Gasteiger partial charge < -0.3 is 15.4 Å². The summed E-state index contributed by atoms with van der Waals surface area (Å²) in [5, 5.41) is 6.01. The molecule has 1 fully saturated rings. The van der Waals surface area contributed by atoms with Crippen LogP contribution in [0.2, 0.25) is 0 Å². The van der Waals surface area contributed by atoms with Gasteiger partial charge in [-0.3, -0.25) is 9.78 Å². The molecule has 0 bridgehead atoms. The van der Waals surface area contributed by atoms with Gasteiger partial charge in [-0.25, -0.2) is 8.78 Å². The van der Waals surface area contributed by atoms with Crippen LogP contribution in [0, 0.1) is 11.6 Å². The molecule has 1 aliphatic rings. The molecular formula is C19H21F2N3O2. The van der Waals surface area contributed by atoms with E-state index in [9.17, 15) is 13.6 Å². The summed E-state index contributed by atoms with van der Waals surface area (Å²) < 4.78 is 32.1. The summed E-state index contributed by atoms with van der Waals surface area (Å²) in [5.74, 6) is -1.18. The van der Waals surface area contributed by atoms with E-state index in [0.717, 1.165) is 37.4 Å². The van der Waals surface area contributed by atoms with Crippen molar-refractivity contribution in [3.8, 4) is 5.75 Å². The van der Waals surface area contributed by atoms with E-state index in [1.807, 2.05) is 6.07 Å². The second-order valence-electron chi connectivity index (χ2n) is 6.36. The average molecular weight is 361 g/mol. The molecule has 1 saturated carbocycles. The number of carbonyl (C=O) groups is 1. The number of nitrogens with zero attached hydrogens (tertiary/aromatic N) is 1. The molecule has 26 heavy (non-hydrogen) atoms. The SMILES string of the molecule is O=C(CNc1cccnc1)NC1CCC(Oc2cc(F)cc(F)c2)CC1. The third-order valence-electron chi connectivity index (χ3n) is 4.29. The van der Waals surface area contributed by atoms with Crippen LogP contribution in [0.4, 0.5) is 14.5 Å². The number of benzene rings is 1. The number of hydrogen-bond donors (Lipinski definition) is 2. The van der Waals surface area contributed by atoms with Crippen molar-refractivity contribution in [3.05, 3.63) is 54.4 Å². The summed E-state index contributed by atoms with van der Waals surface area (Å²) in [6, 6.07) is 6.91. The van der Waals surface area contributed by atoms with Crippen LogP contribution in [0.25, 0.3) is 0 Å². The Labute approximate surface area is 150 Å². The lowest BCUT2D eigenvalue weighted by Gasteiger charge is -2.29. The molecule has 1 aromatic heterocycles. The number of halogens is 2. The van der Waals surface area contributed by atoms with Crippen LogP contribution in [-0.4, -0.2) is 29.6 Å². The fourth-order valence-electron chi connectivity index (χ4n) is 3.04. The number of carbonyl (C=O) groups excluding carboxylic acids is 1. The van der Waals surface area contributed by atoms with Gasteiger partial charge in [-0.15, -0.1) is 0 Å². The van der Waals surface area contributed by atoms with Crippen molar-refractivity contribution in [2.75, 3.05) is 11.9 Å². The maximum Gasteiger partial charge on any atom is 0.239 e. The van der Waals surface area contributed by atoms with Crippen molar-refractivity contribution in [1.29, 1.82) is 0 Å². The van der Waals surface area contributed by atoms with E-state index >= 15 is 0 Å². The zero-order chi connectivity index (χ0) is 18.4. The van der Waals surface area contributed by atoms with Crippen molar-refractivity contribution in [2.24, 2.45) is 0 Å². The van der Waals surface area contributed by atoms with Gasteiger partial charge in [-0.1, -0.05) is 0 Å². The molecule has 2 aromatic rings. The summed E-state index contributed by atoms with van der Waals surface area (Å²) >= 11 is 0. The van der Waals surface area contributed by atoms with Gasteiger partial charge in [0, 0.05) is 36.6 Å². The van der Waals surface area contributed by atoms with Crippen LogP contribution in [0.5, 0.6) is 5.75 Å². The average Bonchev–Trinajstić information content (AvgIpc) is 2.62. The molecule has 3 rings (SSSR count). The van der Waals surface area contributed by atoms with Gasteiger partial charge in [0.15, 0.2) is 0 Å². The standard InChI is InChI=1S/C19H21F2N3O2/c20-13-8-14(21)10-18(9-13)26-17-5-3-15(4-6-17)24-19(25)12-23-16-2-1-7-22-11-16/h1-2,7-11,15,17,23H,3-6,12H2,(H,24,25). The predicted octanol–water partition coefficient (Wildman–Crippen LogP) is 3.28. The number of pyridine rings is 1. The van der Waals surface area contributed by atoms with Gasteiger partial charge in [0.05, 0.1) is 18.3 Å². The van der Waals surface area contributed by atoms with Crippen LogP contribution in [-0.2, 0) is 4.79 Å². The van der Waals surface area contributed by atoms with Crippen LogP contribution >= 0.6 is 0 Å². The normalized spacial score (nSPS) is 19.6. The molecule has 0 spiro atoms. The molecule has 2 N–H and O–H groups in total. The van der Waals surface area contributed by atoms with E-state index < -0.39 is 11.6 Å². The fraction of sp³-hybridized carbons (Fsp3) is 0.368. The van der Waals surface area contributed by atoms with Crippen LogP contribution in [0.15, 0.2) is 42.7 Å². The number of nitrogens with one attached hydrogen (secondary N) is 2. The number of ether oxygens (including phenoxy) is 1. The van der Waals surface area contributed by atoms with Crippen LogP contribution < -0.4 is 15.4 Å². The van der Waals surface area contributed by atoms with E-state index in [4.69, 9.17) is 4.74 Å². The molecule has 0 unspecified atom stereocenters. The summed E-state index contributed by atoms with van der Waals surface area (Å²) in [4.78, 5) is 16.0. The number of amides is 1. The Hall–Kier alpha value is -2.70. The molecule has 5 nitrogen and oxygen atoms in total. The molecule has 0 atom stereocenters. The molecule has 0 aliphatic heterocycles. The largest absolute Gasteiger partial charge is 0.490 e. The molecule has 1 heterocycles. The molecular weight excluding hydrogens is 340 g/mol. The van der Waals surface area contributed by atoms with E-state index in [2.05, 4.69) is 15.6 Å². The first kappa shape index (κ1) is 18.1. The number of anilines is 1. The lowest BCUT2D eigenvalue weighted by Crippen LogP contribution is -2.42. The summed E-state index contributed by atoms with van der Waals surface area (Å²) in [7, 11) is 0. The Morgan fingerprint density at radius 2 is 1.88 bits per heavy atom. The molecule has 1 aromatic carbocycles. The Kier molecular flexibility index (Phi) is 5.99. The molecule has 1 aliphatic carbocycles. The van der Waals surface area contributed by atoms with Gasteiger partial charge >= 0.3 is 0 Å². The second-order valence-corrected chi connectivity index (χ2v) is 6.36. The van der Waals surface area contributed by atoms with Crippen molar-refractivity contribution in [1.82, 2.24) is 10.3 Å². The number of hydrogen-bond acceptors (Lipinski definition) is 4. The fourth-order valence-corrected chi connectivity index (χ4v) is 3.04. The third kappa shape index (κ3) is 5.40. The summed E-state index contributed by atoms with van der Waals surface area (Å²) in [6.07, 6.45) is 6.20. The minimum absolute atomic E-state index is 0.0783. The van der Waals surface area contributed by atoms with Crippen molar-refractivity contribution < 1.29 is 18.3 Å². The maximum atomic E-state index is 13.2. The zero-order valence-electron chi connectivity index (χ0n) is 14.3. The van der Waals surface area contributed by atoms with E-state index in [1.165, 1.54) is 12.1 Å². The minimum atomic E-state index is -0.651. The molecule has 1 amide bonds. The van der Waals surface area contributed by atoms with Crippen molar-refractivity contribution in [3.63, 3.8) is 0 Å². The van der Waals surface area contributed by atoms with Gasteiger partial charge in [-0.2, -0.15) is 0 Å². The monoisotopic (exact) mass is 361 g/mol. The first-order valence-corrected chi connectivity index (χ1v) is 8.64.